The smallest absolute Gasteiger partial charge is 0.324 e. The lowest BCUT2D eigenvalue weighted by molar-refractivity contribution is 0.771. The van der Waals surface area contributed by atoms with Gasteiger partial charge in [-0.05, 0) is 0 Å². The van der Waals surface area contributed by atoms with Gasteiger partial charge in [-0.15, -0.1) is 0 Å². The maximum Gasteiger partial charge on any atom is 0.339 e. The van der Waals surface area contributed by atoms with E-state index in [0.29, 0.717) is 5.82 Å². The molecule has 0 aliphatic carbocycles. The molecule has 3 rings (SSSR count). The molecule has 0 spiro atoms. The number of aromatic amines is 3. The number of imidazole rings is 1. The van der Waals surface area contributed by atoms with E-state index in [1.165, 1.54) is 6.20 Å². The Hall–Kier alpha value is -3.16. The fraction of sp³-hybridized carbons (Fsp3) is 0. The zero-order valence-electron chi connectivity index (χ0n) is 10.1. The summed E-state index contributed by atoms with van der Waals surface area (Å²) in [6.07, 6.45) is 1.34. The molecule has 8 heteroatoms. The predicted molar refractivity (Wildman–Crippen MR) is 70.9 cm³/mol. The third kappa shape index (κ3) is 1.99. The second-order valence-corrected chi connectivity index (χ2v) is 4.01. The summed E-state index contributed by atoms with van der Waals surface area (Å²) in [5.41, 5.74) is -1.70. The second-order valence-electron chi connectivity index (χ2n) is 4.01. The molecule has 0 bridgehead atoms. The molecule has 0 atom stereocenters. The van der Waals surface area contributed by atoms with Crippen LogP contribution in [0.25, 0.3) is 17.2 Å². The SMILES string of the molecule is O=c1[nH]c(=O)n(-c2cnc(-c3ccccc3)[nH]2)c(=O)[nH]1. The Morgan fingerprint density at radius 3 is 2.20 bits per heavy atom. The molecule has 20 heavy (non-hydrogen) atoms. The molecule has 1 aromatic carbocycles. The summed E-state index contributed by atoms with van der Waals surface area (Å²) < 4.78 is 0.765. The van der Waals surface area contributed by atoms with Crippen molar-refractivity contribution >= 4 is 0 Å². The molecule has 0 saturated carbocycles. The molecule has 0 fully saturated rings. The van der Waals surface area contributed by atoms with E-state index in [4.69, 9.17) is 0 Å². The van der Waals surface area contributed by atoms with E-state index < -0.39 is 17.1 Å². The first kappa shape index (κ1) is 11.9. The zero-order valence-corrected chi connectivity index (χ0v) is 10.1. The topological polar surface area (TPSA) is 116 Å². The van der Waals surface area contributed by atoms with Crippen LogP contribution in [-0.2, 0) is 0 Å². The molecule has 0 aliphatic heterocycles. The number of benzene rings is 1. The van der Waals surface area contributed by atoms with Gasteiger partial charge in [0.15, 0.2) is 0 Å². The van der Waals surface area contributed by atoms with Crippen molar-refractivity contribution in [2.75, 3.05) is 0 Å². The van der Waals surface area contributed by atoms with Crippen LogP contribution >= 0.6 is 0 Å². The number of nitrogens with zero attached hydrogens (tertiary/aromatic N) is 2. The monoisotopic (exact) mass is 271 g/mol. The lowest BCUT2D eigenvalue weighted by Crippen LogP contribution is -2.42. The largest absolute Gasteiger partial charge is 0.339 e. The number of aromatic nitrogens is 5. The van der Waals surface area contributed by atoms with Crippen LogP contribution in [0.2, 0.25) is 0 Å². The average Bonchev–Trinajstić information content (AvgIpc) is 2.88. The molecule has 8 nitrogen and oxygen atoms in total. The van der Waals surface area contributed by atoms with Gasteiger partial charge in [-0.2, -0.15) is 4.57 Å². The maximum absolute atomic E-state index is 11.6. The van der Waals surface area contributed by atoms with Crippen LogP contribution in [0.3, 0.4) is 0 Å². The Labute approximate surface area is 110 Å². The van der Waals surface area contributed by atoms with E-state index in [-0.39, 0.29) is 5.82 Å². The average molecular weight is 271 g/mol. The highest BCUT2D eigenvalue weighted by Crippen LogP contribution is 2.15. The second kappa shape index (κ2) is 4.50. The molecule has 0 unspecified atom stereocenters. The third-order valence-electron chi connectivity index (χ3n) is 2.70. The van der Waals surface area contributed by atoms with Gasteiger partial charge in [0.2, 0.25) is 0 Å². The Balaban J connectivity index is 2.15. The fourth-order valence-electron chi connectivity index (χ4n) is 1.82. The lowest BCUT2D eigenvalue weighted by atomic mass is 10.2. The van der Waals surface area contributed by atoms with Crippen LogP contribution in [0.5, 0.6) is 0 Å². The summed E-state index contributed by atoms with van der Waals surface area (Å²) in [5.74, 6) is 0.685. The van der Waals surface area contributed by atoms with Gasteiger partial charge in [0.05, 0.1) is 6.20 Å². The minimum Gasteiger partial charge on any atom is -0.324 e. The summed E-state index contributed by atoms with van der Waals surface area (Å²) in [4.78, 5) is 45.2. The third-order valence-corrected chi connectivity index (χ3v) is 2.70. The van der Waals surface area contributed by atoms with E-state index in [9.17, 15) is 14.4 Å². The summed E-state index contributed by atoms with van der Waals surface area (Å²) in [7, 11) is 0. The van der Waals surface area contributed by atoms with Crippen LogP contribution in [-0.4, -0.2) is 24.5 Å². The first-order valence-electron chi connectivity index (χ1n) is 5.71. The van der Waals surface area contributed by atoms with E-state index in [1.54, 1.807) is 0 Å². The van der Waals surface area contributed by atoms with Gasteiger partial charge >= 0.3 is 17.1 Å². The number of hydrogen-bond donors (Lipinski definition) is 3. The standard InChI is InChI=1S/C12H9N5O3/c18-10-15-11(19)17(12(20)16-10)8-6-13-9(14-8)7-4-2-1-3-5-7/h1-6H,(H,13,14)(H2,15,16,18,19,20). The van der Waals surface area contributed by atoms with E-state index >= 15 is 0 Å². The van der Waals surface area contributed by atoms with Crippen molar-refractivity contribution in [2.45, 2.75) is 0 Å². The lowest BCUT2D eigenvalue weighted by Gasteiger charge is -1.99. The minimum atomic E-state index is -0.848. The molecule has 0 radical (unpaired) electrons. The van der Waals surface area contributed by atoms with Crippen LogP contribution < -0.4 is 17.1 Å². The van der Waals surface area contributed by atoms with Gasteiger partial charge in [0, 0.05) is 5.56 Å². The van der Waals surface area contributed by atoms with Gasteiger partial charge in [0.25, 0.3) is 0 Å². The first-order chi connectivity index (χ1) is 9.65. The van der Waals surface area contributed by atoms with Crippen LogP contribution in [0.15, 0.2) is 50.9 Å². The molecule has 3 N–H and O–H groups in total. The molecule has 0 amide bonds. The number of H-pyrrole nitrogens is 3. The van der Waals surface area contributed by atoms with Gasteiger partial charge in [-0.3, -0.25) is 9.97 Å². The van der Waals surface area contributed by atoms with Crippen molar-refractivity contribution in [3.8, 4) is 17.2 Å². The number of rotatable bonds is 2. The summed E-state index contributed by atoms with van der Waals surface area (Å²) >= 11 is 0. The van der Waals surface area contributed by atoms with E-state index in [2.05, 4.69) is 9.97 Å². The van der Waals surface area contributed by atoms with Crippen molar-refractivity contribution in [3.63, 3.8) is 0 Å². The highest BCUT2D eigenvalue weighted by Gasteiger charge is 2.09. The van der Waals surface area contributed by atoms with Gasteiger partial charge in [-0.25, -0.2) is 19.4 Å². The molecule has 3 aromatic rings. The number of nitrogens with one attached hydrogen (secondary N) is 3. The highest BCUT2D eigenvalue weighted by atomic mass is 16.2. The molecule has 2 heterocycles. The fourth-order valence-corrected chi connectivity index (χ4v) is 1.82. The quantitative estimate of drug-likeness (QED) is 0.588. The first-order valence-corrected chi connectivity index (χ1v) is 5.71. The molecule has 2 aromatic heterocycles. The summed E-state index contributed by atoms with van der Waals surface area (Å²) in [6, 6.07) is 9.22. The van der Waals surface area contributed by atoms with Crippen LogP contribution in [0.4, 0.5) is 0 Å². The van der Waals surface area contributed by atoms with Gasteiger partial charge in [0.1, 0.15) is 11.6 Å². The Morgan fingerprint density at radius 1 is 0.900 bits per heavy atom. The molecule has 0 saturated heterocycles. The Kier molecular flexibility index (Phi) is 2.68. The maximum atomic E-state index is 11.6. The van der Waals surface area contributed by atoms with Gasteiger partial charge in [-0.1, -0.05) is 30.3 Å². The zero-order chi connectivity index (χ0) is 14.1. The van der Waals surface area contributed by atoms with Crippen LogP contribution in [0.1, 0.15) is 0 Å². The molecular weight excluding hydrogens is 262 g/mol. The minimum absolute atomic E-state index is 0.173. The van der Waals surface area contributed by atoms with E-state index in [1.807, 2.05) is 40.3 Å². The van der Waals surface area contributed by atoms with Crippen LogP contribution in [0, 0.1) is 0 Å². The van der Waals surface area contributed by atoms with E-state index in [0.717, 1.165) is 10.1 Å². The highest BCUT2D eigenvalue weighted by molar-refractivity contribution is 5.55. The Morgan fingerprint density at radius 2 is 1.55 bits per heavy atom. The normalized spacial score (nSPS) is 10.6. The van der Waals surface area contributed by atoms with Crippen molar-refractivity contribution < 1.29 is 0 Å². The summed E-state index contributed by atoms with van der Waals surface area (Å²) in [6.45, 7) is 0. The molecule has 0 aliphatic rings. The van der Waals surface area contributed by atoms with Gasteiger partial charge < -0.3 is 4.98 Å². The summed E-state index contributed by atoms with van der Waals surface area (Å²) in [5, 5.41) is 0. The molecule has 100 valence electrons. The van der Waals surface area contributed by atoms with Crippen molar-refractivity contribution in [1.29, 1.82) is 0 Å². The van der Waals surface area contributed by atoms with Crippen molar-refractivity contribution in [1.82, 2.24) is 24.5 Å². The van der Waals surface area contributed by atoms with Crippen molar-refractivity contribution in [3.05, 3.63) is 68.0 Å². The number of hydrogen-bond acceptors (Lipinski definition) is 4. The predicted octanol–water partition coefficient (Wildman–Crippen LogP) is -0.396. The van der Waals surface area contributed by atoms with Crippen molar-refractivity contribution in [2.24, 2.45) is 0 Å². The molecular formula is C12H9N5O3. The Bertz CT molecular complexity index is 882.